The molecule has 2 N–H and O–H groups in total. The Morgan fingerprint density at radius 1 is 1.09 bits per heavy atom. The molecule has 0 radical (unpaired) electrons. The number of halogens is 1. The molecular formula is C26H26BrN5O2S. The van der Waals surface area contributed by atoms with Crippen LogP contribution in [0.15, 0.2) is 59.1 Å². The maximum absolute atomic E-state index is 12.8. The molecule has 9 heteroatoms. The molecular weight excluding hydrogens is 526 g/mol. The number of benzene rings is 3. The van der Waals surface area contributed by atoms with Crippen molar-refractivity contribution in [1.82, 2.24) is 20.3 Å². The van der Waals surface area contributed by atoms with Crippen molar-refractivity contribution in [1.29, 1.82) is 0 Å². The van der Waals surface area contributed by atoms with Gasteiger partial charge in [0.05, 0.1) is 18.4 Å². The number of fused-ring (bicyclic) bond motifs is 1. The van der Waals surface area contributed by atoms with Gasteiger partial charge in [0.2, 0.25) is 0 Å². The Balaban J connectivity index is 1.46. The molecule has 0 fully saturated rings. The Kier molecular flexibility index (Phi) is 7.77. The smallest absolute Gasteiger partial charge is 0.261 e. The number of thiocarbonyl (C=S) groups is 1. The molecule has 0 aliphatic rings. The first-order valence-electron chi connectivity index (χ1n) is 11.3. The summed E-state index contributed by atoms with van der Waals surface area (Å²) in [5, 5.41) is 15.1. The van der Waals surface area contributed by atoms with E-state index in [0.29, 0.717) is 22.5 Å². The topological polar surface area (TPSA) is 81.1 Å². The lowest BCUT2D eigenvalue weighted by Gasteiger charge is -2.13. The van der Waals surface area contributed by atoms with Gasteiger partial charge in [-0.25, -0.2) is 0 Å². The third-order valence-corrected chi connectivity index (χ3v) is 6.20. The van der Waals surface area contributed by atoms with Crippen LogP contribution in [0.2, 0.25) is 0 Å². The van der Waals surface area contributed by atoms with Crippen LogP contribution in [0.3, 0.4) is 0 Å². The zero-order valence-corrected chi connectivity index (χ0v) is 22.2. The van der Waals surface area contributed by atoms with Gasteiger partial charge in [0.25, 0.3) is 5.91 Å². The molecule has 0 spiro atoms. The highest BCUT2D eigenvalue weighted by Crippen LogP contribution is 2.28. The number of carbonyl (C=O) groups excluding carboxylic acids is 1. The molecule has 0 bridgehead atoms. The second-order valence-corrected chi connectivity index (χ2v) is 9.50. The average molecular weight is 552 g/mol. The van der Waals surface area contributed by atoms with Gasteiger partial charge in [-0.1, -0.05) is 41.4 Å². The van der Waals surface area contributed by atoms with Gasteiger partial charge in [-0.15, -0.1) is 10.2 Å². The second kappa shape index (κ2) is 11.0. The normalized spacial score (nSPS) is 10.9. The minimum absolute atomic E-state index is 0.170. The lowest BCUT2D eigenvalue weighted by molar-refractivity contribution is 0.0974. The Bertz CT molecular complexity index is 1380. The van der Waals surface area contributed by atoms with Crippen LogP contribution in [0.1, 0.15) is 41.3 Å². The van der Waals surface area contributed by atoms with Crippen molar-refractivity contribution >= 4 is 55.9 Å². The molecule has 0 saturated heterocycles. The van der Waals surface area contributed by atoms with Gasteiger partial charge in [0.1, 0.15) is 16.8 Å². The number of amides is 1. The number of rotatable bonds is 7. The second-order valence-electron chi connectivity index (χ2n) is 8.17. The molecule has 4 aromatic rings. The van der Waals surface area contributed by atoms with Gasteiger partial charge in [-0.2, -0.15) is 4.80 Å². The fourth-order valence-corrected chi connectivity index (χ4v) is 4.57. The van der Waals surface area contributed by atoms with Crippen molar-refractivity contribution in [3.8, 4) is 11.4 Å². The lowest BCUT2D eigenvalue weighted by atomic mass is 10.1. The number of aromatic nitrogens is 3. The van der Waals surface area contributed by atoms with Gasteiger partial charge in [0, 0.05) is 10.2 Å². The van der Waals surface area contributed by atoms with Crippen LogP contribution < -0.4 is 15.4 Å². The fraction of sp³-hybridized carbons (Fsp3) is 0.231. The van der Waals surface area contributed by atoms with Crippen molar-refractivity contribution in [2.45, 2.75) is 33.1 Å². The number of nitrogens with zero attached hydrogens (tertiary/aromatic N) is 3. The fourth-order valence-electron chi connectivity index (χ4n) is 3.79. The van der Waals surface area contributed by atoms with E-state index in [0.717, 1.165) is 27.7 Å². The molecule has 0 aliphatic carbocycles. The number of nitrogens with one attached hydrogen (secondary N) is 2. The van der Waals surface area contributed by atoms with E-state index in [4.69, 9.17) is 17.0 Å². The molecule has 180 valence electrons. The molecule has 1 aromatic heterocycles. The van der Waals surface area contributed by atoms with Gasteiger partial charge >= 0.3 is 0 Å². The van der Waals surface area contributed by atoms with E-state index in [2.05, 4.69) is 55.8 Å². The number of hydrogen-bond donors (Lipinski definition) is 2. The molecule has 35 heavy (non-hydrogen) atoms. The predicted octanol–water partition coefficient (Wildman–Crippen LogP) is 5.97. The third kappa shape index (κ3) is 5.86. The van der Waals surface area contributed by atoms with Crippen molar-refractivity contribution in [2.24, 2.45) is 0 Å². The maximum atomic E-state index is 12.8. The van der Waals surface area contributed by atoms with Crippen LogP contribution in [-0.2, 0) is 6.42 Å². The minimum Gasteiger partial charge on any atom is -0.496 e. The Morgan fingerprint density at radius 2 is 1.83 bits per heavy atom. The van der Waals surface area contributed by atoms with Gasteiger partial charge in [-0.05, 0) is 85.6 Å². The van der Waals surface area contributed by atoms with Crippen LogP contribution in [0.25, 0.3) is 16.7 Å². The summed E-state index contributed by atoms with van der Waals surface area (Å²) in [4.78, 5) is 14.4. The molecule has 3 aromatic carbocycles. The van der Waals surface area contributed by atoms with E-state index in [9.17, 15) is 4.79 Å². The van der Waals surface area contributed by atoms with E-state index < -0.39 is 0 Å². The molecule has 1 heterocycles. The summed E-state index contributed by atoms with van der Waals surface area (Å²) < 4.78 is 6.18. The first-order chi connectivity index (χ1) is 16.9. The van der Waals surface area contributed by atoms with Crippen LogP contribution in [0, 0.1) is 6.92 Å². The van der Waals surface area contributed by atoms with Crippen molar-refractivity contribution < 1.29 is 9.53 Å². The molecule has 0 saturated carbocycles. The summed E-state index contributed by atoms with van der Waals surface area (Å²) in [5.74, 6) is 0.142. The first-order valence-corrected chi connectivity index (χ1v) is 12.5. The van der Waals surface area contributed by atoms with Crippen molar-refractivity contribution in [2.75, 3.05) is 12.4 Å². The highest BCUT2D eigenvalue weighted by molar-refractivity contribution is 9.10. The molecule has 1 amide bonds. The number of unbranched alkanes of at least 4 members (excludes halogenated alkanes) is 1. The van der Waals surface area contributed by atoms with Gasteiger partial charge < -0.3 is 10.1 Å². The van der Waals surface area contributed by atoms with Gasteiger partial charge in [-0.3, -0.25) is 10.1 Å². The minimum atomic E-state index is -0.363. The highest BCUT2D eigenvalue weighted by atomic mass is 79.9. The van der Waals surface area contributed by atoms with E-state index in [-0.39, 0.29) is 11.0 Å². The Labute approximate surface area is 218 Å². The summed E-state index contributed by atoms with van der Waals surface area (Å²) in [5.41, 5.74) is 5.61. The number of hydrogen-bond acceptors (Lipinski definition) is 5. The number of aryl methyl sites for hydroxylation is 2. The van der Waals surface area contributed by atoms with Gasteiger partial charge in [0.15, 0.2) is 5.11 Å². The lowest BCUT2D eigenvalue weighted by Crippen LogP contribution is -2.34. The van der Waals surface area contributed by atoms with E-state index in [1.54, 1.807) is 10.9 Å². The number of anilines is 1. The van der Waals surface area contributed by atoms with Crippen LogP contribution in [-0.4, -0.2) is 33.1 Å². The first kappa shape index (κ1) is 24.8. The molecule has 7 nitrogen and oxygen atoms in total. The van der Waals surface area contributed by atoms with E-state index >= 15 is 0 Å². The third-order valence-electron chi connectivity index (χ3n) is 5.54. The van der Waals surface area contributed by atoms with Crippen molar-refractivity contribution in [3.05, 3.63) is 75.8 Å². The summed E-state index contributed by atoms with van der Waals surface area (Å²) >= 11 is 8.79. The van der Waals surface area contributed by atoms with E-state index in [1.165, 1.54) is 25.5 Å². The van der Waals surface area contributed by atoms with Crippen LogP contribution in [0.5, 0.6) is 5.75 Å². The largest absolute Gasteiger partial charge is 0.496 e. The zero-order valence-electron chi connectivity index (χ0n) is 19.8. The van der Waals surface area contributed by atoms with Crippen molar-refractivity contribution in [3.63, 3.8) is 0 Å². The van der Waals surface area contributed by atoms with E-state index in [1.807, 2.05) is 43.3 Å². The quantitative estimate of drug-likeness (QED) is 0.275. The summed E-state index contributed by atoms with van der Waals surface area (Å²) in [6.07, 6.45) is 3.43. The molecule has 4 rings (SSSR count). The number of carbonyl (C=O) groups is 1. The Morgan fingerprint density at radius 3 is 2.54 bits per heavy atom. The highest BCUT2D eigenvalue weighted by Gasteiger charge is 2.17. The Hall–Kier alpha value is -3.30. The molecule has 0 aliphatic heterocycles. The van der Waals surface area contributed by atoms with Crippen LogP contribution >= 0.6 is 28.1 Å². The van der Waals surface area contributed by atoms with Crippen LogP contribution in [0.4, 0.5) is 5.69 Å². The zero-order chi connectivity index (χ0) is 24.9. The summed E-state index contributed by atoms with van der Waals surface area (Å²) in [7, 11) is 1.53. The maximum Gasteiger partial charge on any atom is 0.261 e. The average Bonchev–Trinajstić information content (AvgIpc) is 3.26. The summed E-state index contributed by atoms with van der Waals surface area (Å²) in [6.45, 7) is 4.07. The summed E-state index contributed by atoms with van der Waals surface area (Å²) in [6, 6.07) is 17.4. The monoisotopic (exact) mass is 551 g/mol. The molecule has 0 atom stereocenters. The molecule has 0 unspecified atom stereocenters. The standard InChI is InChI=1S/C26H26BrN5O2S/c1-4-5-6-17-7-10-20(11-8-17)32-30-22-12-9-19(15-23(22)31-32)28-26(35)29-25(33)21-14-18(27)13-16(2)24(21)34-3/h7-15H,4-6H2,1-3H3,(H2,28,29,33,35). The number of methoxy groups -OCH3 is 1. The SMILES string of the molecule is CCCCc1ccc(-n2nc3ccc(NC(=S)NC(=O)c4cc(Br)cc(C)c4OC)cc3n2)cc1. The predicted molar refractivity (Wildman–Crippen MR) is 147 cm³/mol. The number of ether oxygens (including phenoxy) is 1.